The van der Waals surface area contributed by atoms with E-state index in [1.807, 2.05) is 0 Å². The first-order chi connectivity index (χ1) is 9.58. The molecule has 2 rings (SSSR count). The summed E-state index contributed by atoms with van der Waals surface area (Å²) in [6.07, 6.45) is 0. The third-order valence-electron chi connectivity index (χ3n) is 2.70. The number of ether oxygens (including phenoxy) is 1. The predicted octanol–water partition coefficient (Wildman–Crippen LogP) is 0.924. The lowest BCUT2D eigenvalue weighted by molar-refractivity contribution is 0.0591. The number of carbonyl (C=O) groups is 1. The quantitative estimate of drug-likeness (QED) is 0.637. The van der Waals surface area contributed by atoms with Gasteiger partial charge in [0.1, 0.15) is 6.54 Å². The van der Waals surface area contributed by atoms with Gasteiger partial charge in [0, 0.05) is 0 Å². The summed E-state index contributed by atoms with van der Waals surface area (Å²) in [4.78, 5) is 35.5. The summed E-state index contributed by atoms with van der Waals surface area (Å²) in [6.45, 7) is 0.0156. The Labute approximate surface area is 112 Å². The lowest BCUT2D eigenvalue weighted by atomic mass is 10.2. The second-order valence-electron chi connectivity index (χ2n) is 3.91. The van der Waals surface area contributed by atoms with Crippen molar-refractivity contribution in [3.8, 4) is 11.6 Å². The van der Waals surface area contributed by atoms with Crippen LogP contribution < -0.4 is 5.69 Å². The van der Waals surface area contributed by atoms with E-state index < -0.39 is 17.5 Å². The third-order valence-corrected chi connectivity index (χ3v) is 2.70. The molecule has 2 aromatic rings. The minimum Gasteiger partial charge on any atom is -0.492 e. The molecule has 104 valence electrons. The molecule has 0 radical (unpaired) electrons. The molecule has 0 unspecified atom stereocenters. The number of benzene rings is 1. The standard InChI is InChI=1S/C12H11N3O5/c1-20-11(17)9-10(16)15(12(18)14-9)8-4-2-7(3-5-8)6-13-19/h2-5,16H,6H2,1H3,(H,14,18). The number of aromatic amines is 1. The molecule has 8 heteroatoms. The Hall–Kier alpha value is -2.90. The minimum absolute atomic E-state index is 0.0156. The number of nitroso groups, excluding NO2 is 1. The first kappa shape index (κ1) is 13.5. The van der Waals surface area contributed by atoms with Crippen LogP contribution in [-0.4, -0.2) is 27.7 Å². The van der Waals surface area contributed by atoms with Crippen molar-refractivity contribution < 1.29 is 14.6 Å². The number of nitrogens with zero attached hydrogens (tertiary/aromatic N) is 2. The van der Waals surface area contributed by atoms with Gasteiger partial charge in [-0.1, -0.05) is 17.3 Å². The molecule has 0 aliphatic carbocycles. The monoisotopic (exact) mass is 277 g/mol. The highest BCUT2D eigenvalue weighted by molar-refractivity contribution is 5.89. The first-order valence-electron chi connectivity index (χ1n) is 5.59. The number of esters is 1. The van der Waals surface area contributed by atoms with Crippen molar-refractivity contribution in [1.82, 2.24) is 9.55 Å². The summed E-state index contributed by atoms with van der Waals surface area (Å²) >= 11 is 0. The zero-order valence-corrected chi connectivity index (χ0v) is 10.5. The van der Waals surface area contributed by atoms with E-state index >= 15 is 0 Å². The maximum absolute atomic E-state index is 11.8. The molecule has 2 N–H and O–H groups in total. The molecule has 1 heterocycles. The maximum Gasteiger partial charge on any atom is 0.360 e. The van der Waals surface area contributed by atoms with Gasteiger partial charge >= 0.3 is 11.7 Å². The second-order valence-corrected chi connectivity index (χ2v) is 3.91. The smallest absolute Gasteiger partial charge is 0.360 e. The molecule has 0 atom stereocenters. The van der Waals surface area contributed by atoms with E-state index in [9.17, 15) is 19.6 Å². The van der Waals surface area contributed by atoms with Crippen molar-refractivity contribution in [1.29, 1.82) is 0 Å². The molecule has 8 nitrogen and oxygen atoms in total. The van der Waals surface area contributed by atoms with E-state index in [0.717, 1.165) is 11.7 Å². The third kappa shape index (κ3) is 2.30. The largest absolute Gasteiger partial charge is 0.492 e. The van der Waals surface area contributed by atoms with Gasteiger partial charge in [0.2, 0.25) is 5.88 Å². The molecule has 0 spiro atoms. The van der Waals surface area contributed by atoms with Crippen LogP contribution in [0.15, 0.2) is 34.2 Å². The van der Waals surface area contributed by atoms with Gasteiger partial charge in [-0.2, -0.15) is 4.91 Å². The number of rotatable bonds is 4. The van der Waals surface area contributed by atoms with E-state index in [2.05, 4.69) is 14.9 Å². The van der Waals surface area contributed by atoms with Gasteiger partial charge in [-0.15, -0.1) is 0 Å². The predicted molar refractivity (Wildman–Crippen MR) is 68.9 cm³/mol. The molecule has 0 saturated heterocycles. The van der Waals surface area contributed by atoms with Crippen molar-refractivity contribution >= 4 is 5.97 Å². The SMILES string of the molecule is COC(=O)c1[nH]c(=O)n(-c2ccc(CN=O)cc2)c1O. The topological polar surface area (TPSA) is 114 Å². The molecule has 0 aliphatic rings. The fourth-order valence-electron chi connectivity index (χ4n) is 1.74. The average Bonchev–Trinajstić information content (AvgIpc) is 2.75. The molecule has 20 heavy (non-hydrogen) atoms. The van der Waals surface area contributed by atoms with Crippen LogP contribution in [0.1, 0.15) is 16.1 Å². The average molecular weight is 277 g/mol. The van der Waals surface area contributed by atoms with Crippen LogP contribution in [0.3, 0.4) is 0 Å². The number of carbonyl (C=O) groups excluding carboxylic acids is 1. The van der Waals surface area contributed by atoms with E-state index in [1.54, 1.807) is 12.1 Å². The van der Waals surface area contributed by atoms with Gasteiger partial charge in [-0.25, -0.2) is 14.2 Å². The highest BCUT2D eigenvalue weighted by atomic mass is 16.5. The van der Waals surface area contributed by atoms with Crippen LogP contribution in [0.25, 0.3) is 5.69 Å². The first-order valence-corrected chi connectivity index (χ1v) is 5.59. The van der Waals surface area contributed by atoms with Crippen LogP contribution in [0.2, 0.25) is 0 Å². The van der Waals surface area contributed by atoms with Crippen molar-refractivity contribution in [2.45, 2.75) is 6.54 Å². The lowest BCUT2D eigenvalue weighted by Crippen LogP contribution is -2.14. The Morgan fingerprint density at radius 3 is 2.60 bits per heavy atom. The van der Waals surface area contributed by atoms with Crippen LogP contribution in [0.5, 0.6) is 5.88 Å². The van der Waals surface area contributed by atoms with Gasteiger partial charge in [-0.3, -0.25) is 4.98 Å². The Morgan fingerprint density at radius 1 is 1.40 bits per heavy atom. The Balaban J connectivity index is 2.47. The summed E-state index contributed by atoms with van der Waals surface area (Å²) in [5.41, 5.74) is 0.00821. The minimum atomic E-state index is -0.847. The molecule has 1 aromatic carbocycles. The van der Waals surface area contributed by atoms with E-state index in [4.69, 9.17) is 0 Å². The molecule has 1 aromatic heterocycles. The molecule has 0 amide bonds. The summed E-state index contributed by atoms with van der Waals surface area (Å²) in [5.74, 6) is -1.39. The molecule has 0 bridgehead atoms. The molecular formula is C12H11N3O5. The Kier molecular flexibility index (Phi) is 3.65. The fourth-order valence-corrected chi connectivity index (χ4v) is 1.74. The highest BCUT2D eigenvalue weighted by Crippen LogP contribution is 2.19. The van der Waals surface area contributed by atoms with Crippen LogP contribution in [0.4, 0.5) is 0 Å². The van der Waals surface area contributed by atoms with Crippen LogP contribution in [-0.2, 0) is 11.3 Å². The normalized spacial score (nSPS) is 10.2. The maximum atomic E-state index is 11.8. The summed E-state index contributed by atoms with van der Waals surface area (Å²) in [7, 11) is 1.14. The number of methoxy groups -OCH3 is 1. The zero-order valence-electron chi connectivity index (χ0n) is 10.5. The number of aromatic hydroxyl groups is 1. The molecular weight excluding hydrogens is 266 g/mol. The molecule has 0 aliphatic heterocycles. The number of hydrogen-bond acceptors (Lipinski definition) is 6. The number of nitrogens with one attached hydrogen (secondary N) is 1. The Bertz CT molecular complexity index is 699. The van der Waals surface area contributed by atoms with E-state index in [1.165, 1.54) is 12.1 Å². The summed E-state index contributed by atoms with van der Waals surface area (Å²) in [5, 5.41) is 12.6. The number of H-pyrrole nitrogens is 1. The van der Waals surface area contributed by atoms with Crippen molar-refractivity contribution in [2.24, 2.45) is 5.18 Å². The number of aromatic nitrogens is 2. The Morgan fingerprint density at radius 2 is 2.05 bits per heavy atom. The molecule has 0 fully saturated rings. The summed E-state index contributed by atoms with van der Waals surface area (Å²) < 4.78 is 5.36. The van der Waals surface area contributed by atoms with Crippen molar-refractivity contribution in [3.63, 3.8) is 0 Å². The molecule has 0 saturated carbocycles. The van der Waals surface area contributed by atoms with Gasteiger partial charge in [0.15, 0.2) is 5.69 Å². The van der Waals surface area contributed by atoms with E-state index in [-0.39, 0.29) is 12.2 Å². The second kappa shape index (κ2) is 5.39. The van der Waals surface area contributed by atoms with Crippen molar-refractivity contribution in [3.05, 3.63) is 50.9 Å². The number of imidazole rings is 1. The summed E-state index contributed by atoms with van der Waals surface area (Å²) in [6, 6.07) is 6.23. The fraction of sp³-hybridized carbons (Fsp3) is 0.167. The van der Waals surface area contributed by atoms with Crippen LogP contribution >= 0.6 is 0 Å². The van der Waals surface area contributed by atoms with E-state index in [0.29, 0.717) is 11.3 Å². The van der Waals surface area contributed by atoms with Gasteiger partial charge in [0.05, 0.1) is 12.8 Å². The van der Waals surface area contributed by atoms with Crippen LogP contribution in [0, 0.1) is 4.91 Å². The van der Waals surface area contributed by atoms with Gasteiger partial charge < -0.3 is 9.84 Å². The highest BCUT2D eigenvalue weighted by Gasteiger charge is 2.20. The zero-order chi connectivity index (χ0) is 14.7. The van der Waals surface area contributed by atoms with Gasteiger partial charge in [0.25, 0.3) is 0 Å². The van der Waals surface area contributed by atoms with Gasteiger partial charge in [-0.05, 0) is 17.7 Å². The lowest BCUT2D eigenvalue weighted by Gasteiger charge is -2.04. The van der Waals surface area contributed by atoms with Crippen molar-refractivity contribution in [2.75, 3.05) is 7.11 Å². The number of hydrogen-bond donors (Lipinski definition) is 2.